The Labute approximate surface area is 258 Å². The zero-order chi connectivity index (χ0) is 30.9. The molecule has 0 amide bonds. The van der Waals surface area contributed by atoms with E-state index < -0.39 is 12.0 Å². The topological polar surface area (TPSA) is 97.9 Å². The molecule has 0 saturated heterocycles. The first-order valence-corrected chi connectivity index (χ1v) is 14.9. The van der Waals surface area contributed by atoms with Crippen molar-refractivity contribution in [3.8, 4) is 11.5 Å². The highest BCUT2D eigenvalue weighted by Gasteiger charge is 2.19. The number of hydrogen-bond acceptors (Lipinski definition) is 6. The summed E-state index contributed by atoms with van der Waals surface area (Å²) in [6.45, 7) is 6.55. The van der Waals surface area contributed by atoms with Gasteiger partial charge in [0.1, 0.15) is 30.8 Å². The van der Waals surface area contributed by atoms with Crippen molar-refractivity contribution in [3.63, 3.8) is 0 Å². The van der Waals surface area contributed by atoms with Gasteiger partial charge in [0, 0.05) is 42.3 Å². The third kappa shape index (κ3) is 8.22. The van der Waals surface area contributed by atoms with E-state index in [1.54, 1.807) is 6.20 Å². The predicted octanol–water partition coefficient (Wildman–Crippen LogP) is 6.81. The van der Waals surface area contributed by atoms with E-state index in [4.69, 9.17) is 15.2 Å². The van der Waals surface area contributed by atoms with E-state index in [1.165, 1.54) is 11.1 Å². The first kappa shape index (κ1) is 30.7. The summed E-state index contributed by atoms with van der Waals surface area (Å²) in [4.78, 5) is 18.3. The summed E-state index contributed by atoms with van der Waals surface area (Å²) in [5.74, 6) is 0.555. The number of nitrogens with zero attached hydrogens (tertiary/aromatic N) is 2. The molecule has 7 nitrogen and oxygen atoms in total. The van der Waals surface area contributed by atoms with Crippen molar-refractivity contribution in [3.05, 3.63) is 137 Å². The number of carbonyl (C=O) groups is 1. The highest BCUT2D eigenvalue weighted by molar-refractivity contribution is 5.86. The number of ether oxygens (including phenoxy) is 2. The molecule has 1 atom stereocenters. The van der Waals surface area contributed by atoms with Crippen molar-refractivity contribution >= 4 is 16.9 Å². The van der Waals surface area contributed by atoms with Crippen molar-refractivity contribution in [2.24, 2.45) is 5.73 Å². The van der Waals surface area contributed by atoms with Crippen LogP contribution in [0.5, 0.6) is 11.5 Å². The Morgan fingerprint density at radius 1 is 0.818 bits per heavy atom. The number of carboxylic acid groups (broad SMARTS) is 1. The molecule has 226 valence electrons. The van der Waals surface area contributed by atoms with Crippen molar-refractivity contribution < 1.29 is 19.4 Å². The van der Waals surface area contributed by atoms with E-state index in [0.717, 1.165) is 44.7 Å². The van der Waals surface area contributed by atoms with Crippen LogP contribution in [0.2, 0.25) is 0 Å². The van der Waals surface area contributed by atoms with Gasteiger partial charge in [-0.3, -0.25) is 14.7 Å². The molecule has 5 rings (SSSR count). The third-order valence-electron chi connectivity index (χ3n) is 7.59. The molecule has 0 aliphatic carbocycles. The summed E-state index contributed by atoms with van der Waals surface area (Å²) < 4.78 is 12.8. The zero-order valence-electron chi connectivity index (χ0n) is 25.3. The molecule has 0 bridgehead atoms. The lowest BCUT2D eigenvalue weighted by molar-refractivity contribution is -0.138. The number of fused-ring (bicyclic) bond motifs is 1. The fourth-order valence-corrected chi connectivity index (χ4v) is 5.30. The molecular formula is C37H39N3O4. The van der Waals surface area contributed by atoms with E-state index in [2.05, 4.69) is 66.2 Å². The highest BCUT2D eigenvalue weighted by atomic mass is 16.5. The van der Waals surface area contributed by atoms with Gasteiger partial charge >= 0.3 is 5.97 Å². The van der Waals surface area contributed by atoms with Gasteiger partial charge in [0.2, 0.25) is 0 Å². The van der Waals surface area contributed by atoms with Crippen LogP contribution in [-0.4, -0.2) is 33.5 Å². The Balaban J connectivity index is 1.42. The number of nitrogens with two attached hydrogens (primary N) is 1. The Morgan fingerprint density at radius 3 is 2.20 bits per heavy atom. The van der Waals surface area contributed by atoms with Gasteiger partial charge in [-0.1, -0.05) is 83.9 Å². The van der Waals surface area contributed by atoms with Crippen molar-refractivity contribution in [2.45, 2.75) is 52.6 Å². The lowest BCUT2D eigenvalue weighted by Crippen LogP contribution is -2.35. The summed E-state index contributed by atoms with van der Waals surface area (Å²) in [5, 5.41) is 10.4. The van der Waals surface area contributed by atoms with Gasteiger partial charge in [-0.05, 0) is 55.7 Å². The van der Waals surface area contributed by atoms with E-state index in [1.807, 2.05) is 54.6 Å². The van der Waals surface area contributed by atoms with Gasteiger partial charge < -0.3 is 20.3 Å². The van der Waals surface area contributed by atoms with E-state index in [0.29, 0.717) is 39.3 Å². The van der Waals surface area contributed by atoms with Crippen LogP contribution in [0.25, 0.3) is 10.9 Å². The number of aromatic nitrogens is 1. The van der Waals surface area contributed by atoms with Crippen molar-refractivity contribution in [1.29, 1.82) is 0 Å². The maximum Gasteiger partial charge on any atom is 0.320 e. The number of aliphatic carboxylic acids is 1. The summed E-state index contributed by atoms with van der Waals surface area (Å²) in [6.07, 6.45) is 2.08. The third-order valence-corrected chi connectivity index (χ3v) is 7.59. The molecule has 0 fully saturated rings. The molecule has 0 spiro atoms. The second-order valence-electron chi connectivity index (χ2n) is 11.2. The first-order valence-electron chi connectivity index (χ1n) is 14.9. The molecule has 1 heterocycles. The summed E-state index contributed by atoms with van der Waals surface area (Å²) in [6, 6.07) is 31.6. The minimum Gasteiger partial charge on any atom is -0.489 e. The van der Waals surface area contributed by atoms with E-state index >= 15 is 0 Å². The number of pyridine rings is 1. The number of hydrogen-bond donors (Lipinski definition) is 2. The molecule has 0 saturated carbocycles. The Hall–Kier alpha value is -4.72. The quantitative estimate of drug-likeness (QED) is 0.147. The number of rotatable bonds is 14. The Kier molecular flexibility index (Phi) is 10.2. The molecule has 1 aromatic heterocycles. The standard InChI is InChI=1S/C37H39N3O4/c1-26-8-5-10-28(20-26)24-43-35-14-4-3-12-30(35)22-40(19-17-33(38)37(41)42)23-31-15-16-34-32(13-7-18-39-34)36(31)44-25-29-11-6-9-27(2)21-29/h3-16,18,20-21,33H,17,19,22-25,38H2,1-2H3,(H,41,42)/t33-/m0/s1. The second kappa shape index (κ2) is 14.6. The smallest absolute Gasteiger partial charge is 0.320 e. The maximum atomic E-state index is 11.6. The van der Waals surface area contributed by atoms with Crippen LogP contribution in [0.15, 0.2) is 103 Å². The summed E-state index contributed by atoms with van der Waals surface area (Å²) in [7, 11) is 0. The average Bonchev–Trinajstić information content (AvgIpc) is 3.02. The number of para-hydroxylation sites is 1. The van der Waals surface area contributed by atoms with Crippen LogP contribution in [0.3, 0.4) is 0 Å². The molecular weight excluding hydrogens is 550 g/mol. The van der Waals surface area contributed by atoms with Crippen LogP contribution in [0, 0.1) is 13.8 Å². The molecule has 44 heavy (non-hydrogen) atoms. The van der Waals surface area contributed by atoms with E-state index in [9.17, 15) is 9.90 Å². The number of benzene rings is 4. The number of aryl methyl sites for hydroxylation is 2. The van der Waals surface area contributed by atoms with Crippen LogP contribution in [0.1, 0.15) is 39.8 Å². The fraction of sp³-hybridized carbons (Fsp3) is 0.243. The molecule has 0 aliphatic heterocycles. The van der Waals surface area contributed by atoms with Gasteiger partial charge in [-0.2, -0.15) is 0 Å². The van der Waals surface area contributed by atoms with Crippen molar-refractivity contribution in [1.82, 2.24) is 9.88 Å². The molecule has 4 aromatic carbocycles. The molecule has 0 radical (unpaired) electrons. The minimum atomic E-state index is -1.01. The molecule has 3 N–H and O–H groups in total. The van der Waals surface area contributed by atoms with Crippen LogP contribution in [0.4, 0.5) is 0 Å². The molecule has 7 heteroatoms. The molecule has 0 aliphatic rings. The highest BCUT2D eigenvalue weighted by Crippen LogP contribution is 2.32. The van der Waals surface area contributed by atoms with Gasteiger partial charge in [0.15, 0.2) is 0 Å². The van der Waals surface area contributed by atoms with Gasteiger partial charge in [0.05, 0.1) is 5.52 Å². The fourth-order valence-electron chi connectivity index (χ4n) is 5.30. The monoisotopic (exact) mass is 589 g/mol. The zero-order valence-corrected chi connectivity index (χ0v) is 25.3. The first-order chi connectivity index (χ1) is 21.4. The Morgan fingerprint density at radius 2 is 1.50 bits per heavy atom. The van der Waals surface area contributed by atoms with E-state index in [-0.39, 0.29) is 0 Å². The average molecular weight is 590 g/mol. The van der Waals surface area contributed by atoms with Gasteiger partial charge in [-0.25, -0.2) is 0 Å². The maximum absolute atomic E-state index is 11.6. The van der Waals surface area contributed by atoms with Crippen LogP contribution in [-0.2, 0) is 31.1 Å². The largest absolute Gasteiger partial charge is 0.489 e. The molecule has 5 aromatic rings. The number of carboxylic acids is 1. The van der Waals surface area contributed by atoms with Crippen molar-refractivity contribution in [2.75, 3.05) is 6.54 Å². The van der Waals surface area contributed by atoms with Crippen LogP contribution >= 0.6 is 0 Å². The minimum absolute atomic E-state index is 0.302. The summed E-state index contributed by atoms with van der Waals surface area (Å²) >= 11 is 0. The Bertz CT molecular complexity index is 1720. The van der Waals surface area contributed by atoms with Gasteiger partial charge in [-0.15, -0.1) is 0 Å². The summed E-state index contributed by atoms with van der Waals surface area (Å²) in [5.41, 5.74) is 13.3. The van der Waals surface area contributed by atoms with Crippen LogP contribution < -0.4 is 15.2 Å². The predicted molar refractivity (Wildman–Crippen MR) is 174 cm³/mol. The molecule has 0 unspecified atom stereocenters. The SMILES string of the molecule is Cc1cccc(COc2ccccc2CN(CC[C@H](N)C(=O)O)Cc2ccc3ncccc3c2OCc2cccc(C)c2)c1. The second-order valence-corrected chi connectivity index (χ2v) is 11.2. The lowest BCUT2D eigenvalue weighted by Gasteiger charge is -2.26. The lowest BCUT2D eigenvalue weighted by atomic mass is 10.1. The van der Waals surface area contributed by atoms with Gasteiger partial charge in [0.25, 0.3) is 0 Å². The normalized spacial score (nSPS) is 11.9.